The van der Waals surface area contributed by atoms with E-state index < -0.39 is 0 Å². The van der Waals surface area contributed by atoms with Crippen LogP contribution in [0.5, 0.6) is 5.75 Å². The van der Waals surface area contributed by atoms with Crippen molar-refractivity contribution in [2.75, 3.05) is 13.7 Å². The number of esters is 1. The molecule has 18 heavy (non-hydrogen) atoms. The Morgan fingerprint density at radius 3 is 2.72 bits per heavy atom. The first kappa shape index (κ1) is 14.6. The van der Waals surface area contributed by atoms with E-state index in [2.05, 4.69) is 6.92 Å². The van der Waals surface area contributed by atoms with E-state index in [1.54, 1.807) is 0 Å². The molecule has 3 heteroatoms. The molecule has 0 aliphatic carbocycles. The second-order valence-corrected chi connectivity index (χ2v) is 4.22. The molecule has 0 saturated heterocycles. The van der Waals surface area contributed by atoms with Gasteiger partial charge in [-0.15, -0.1) is 0 Å². The lowest BCUT2D eigenvalue weighted by Gasteiger charge is -2.15. The summed E-state index contributed by atoms with van der Waals surface area (Å²) in [5.74, 6) is 0.452. The Bertz CT molecular complexity index is 374. The lowest BCUT2D eigenvalue weighted by atomic mass is 9.93. The Morgan fingerprint density at radius 1 is 1.33 bits per heavy atom. The molecule has 1 atom stereocenters. The van der Waals surface area contributed by atoms with Crippen LogP contribution < -0.4 is 4.74 Å². The number of carbonyl (C=O) groups is 1. The van der Waals surface area contributed by atoms with E-state index in [-0.39, 0.29) is 11.9 Å². The number of rotatable bonds is 7. The van der Waals surface area contributed by atoms with Crippen molar-refractivity contribution in [1.82, 2.24) is 0 Å². The quantitative estimate of drug-likeness (QED) is 0.694. The minimum atomic E-state index is -0.185. The van der Waals surface area contributed by atoms with Gasteiger partial charge >= 0.3 is 5.97 Å². The van der Waals surface area contributed by atoms with Crippen LogP contribution in [0.3, 0.4) is 0 Å². The lowest BCUT2D eigenvalue weighted by Crippen LogP contribution is -2.14. The first-order valence-corrected chi connectivity index (χ1v) is 6.53. The molecule has 0 aliphatic rings. The summed E-state index contributed by atoms with van der Waals surface area (Å²) in [5.41, 5.74) is 0.973. The highest BCUT2D eigenvalue weighted by Gasteiger charge is 2.21. The Hall–Kier alpha value is -1.51. The molecule has 0 heterocycles. The van der Waals surface area contributed by atoms with Gasteiger partial charge in [-0.05, 0) is 31.0 Å². The van der Waals surface area contributed by atoms with Gasteiger partial charge in [0.1, 0.15) is 5.75 Å². The van der Waals surface area contributed by atoms with Crippen LogP contribution in [0, 0.1) is 0 Å². The number of ether oxygens (including phenoxy) is 2. The number of unbranched alkanes of at least 4 members (excludes halogenated alkanes) is 1. The molecule has 0 radical (unpaired) electrons. The molecule has 0 amide bonds. The van der Waals surface area contributed by atoms with Gasteiger partial charge in [-0.3, -0.25) is 4.79 Å². The van der Waals surface area contributed by atoms with Gasteiger partial charge in [-0.1, -0.05) is 31.9 Å². The van der Waals surface area contributed by atoms with Gasteiger partial charge in [0.2, 0.25) is 0 Å². The van der Waals surface area contributed by atoms with Crippen molar-refractivity contribution in [2.45, 2.75) is 39.0 Å². The van der Waals surface area contributed by atoms with Gasteiger partial charge in [-0.25, -0.2) is 0 Å². The molecular formula is C15H22O3. The molecule has 0 aliphatic heterocycles. The van der Waals surface area contributed by atoms with Crippen molar-refractivity contribution in [1.29, 1.82) is 0 Å². The van der Waals surface area contributed by atoms with E-state index in [9.17, 15) is 4.79 Å². The van der Waals surface area contributed by atoms with Crippen LogP contribution in [0.2, 0.25) is 0 Å². The molecule has 100 valence electrons. The van der Waals surface area contributed by atoms with E-state index >= 15 is 0 Å². The number of hydrogen-bond acceptors (Lipinski definition) is 3. The largest absolute Gasteiger partial charge is 0.494 e. The van der Waals surface area contributed by atoms with Crippen molar-refractivity contribution in [3.63, 3.8) is 0 Å². The van der Waals surface area contributed by atoms with E-state index in [0.717, 1.165) is 30.6 Å². The fourth-order valence-electron chi connectivity index (χ4n) is 1.96. The number of methoxy groups -OCH3 is 1. The van der Waals surface area contributed by atoms with Crippen LogP contribution in [0.25, 0.3) is 0 Å². The Balaban J connectivity index is 2.89. The predicted molar refractivity (Wildman–Crippen MR) is 71.9 cm³/mol. The van der Waals surface area contributed by atoms with Crippen molar-refractivity contribution in [3.8, 4) is 5.75 Å². The van der Waals surface area contributed by atoms with E-state index in [1.807, 2.05) is 31.2 Å². The molecule has 0 saturated carbocycles. The van der Waals surface area contributed by atoms with Crippen LogP contribution in [-0.4, -0.2) is 19.7 Å². The van der Waals surface area contributed by atoms with Gasteiger partial charge in [0.25, 0.3) is 0 Å². The SMILES string of the molecule is CCCCC(C(=O)OC)c1cccc(OCC)c1. The maximum atomic E-state index is 11.8. The maximum Gasteiger partial charge on any atom is 0.313 e. The first-order chi connectivity index (χ1) is 8.72. The highest BCUT2D eigenvalue weighted by atomic mass is 16.5. The summed E-state index contributed by atoms with van der Waals surface area (Å²) in [5, 5.41) is 0. The maximum absolute atomic E-state index is 11.8. The minimum absolute atomic E-state index is 0.169. The topological polar surface area (TPSA) is 35.5 Å². The standard InChI is InChI=1S/C15H22O3/c1-4-6-10-14(15(16)17-3)12-8-7-9-13(11-12)18-5-2/h7-9,11,14H,4-6,10H2,1-3H3. The summed E-state index contributed by atoms with van der Waals surface area (Å²) >= 11 is 0. The normalized spacial score (nSPS) is 11.9. The summed E-state index contributed by atoms with van der Waals surface area (Å²) < 4.78 is 10.3. The molecule has 1 rings (SSSR count). The van der Waals surface area contributed by atoms with E-state index in [4.69, 9.17) is 9.47 Å². The molecule has 1 aromatic rings. The molecular weight excluding hydrogens is 228 g/mol. The molecule has 1 aromatic carbocycles. The van der Waals surface area contributed by atoms with Crippen LogP contribution in [0.1, 0.15) is 44.6 Å². The Labute approximate surface area is 109 Å². The molecule has 1 unspecified atom stereocenters. The zero-order valence-corrected chi connectivity index (χ0v) is 11.4. The van der Waals surface area contributed by atoms with Gasteiger partial charge in [0.05, 0.1) is 19.6 Å². The average Bonchev–Trinajstić information content (AvgIpc) is 2.39. The van der Waals surface area contributed by atoms with Crippen molar-refractivity contribution in [2.24, 2.45) is 0 Å². The number of hydrogen-bond donors (Lipinski definition) is 0. The third-order valence-corrected chi connectivity index (χ3v) is 2.90. The number of benzene rings is 1. The summed E-state index contributed by atoms with van der Waals surface area (Å²) in [4.78, 5) is 11.8. The molecule has 0 bridgehead atoms. The number of carbonyl (C=O) groups excluding carboxylic acids is 1. The Morgan fingerprint density at radius 2 is 2.11 bits per heavy atom. The molecule has 0 fully saturated rings. The lowest BCUT2D eigenvalue weighted by molar-refractivity contribution is -0.142. The third kappa shape index (κ3) is 4.06. The fraction of sp³-hybridized carbons (Fsp3) is 0.533. The molecule has 0 aromatic heterocycles. The second kappa shape index (κ2) is 7.75. The average molecular weight is 250 g/mol. The predicted octanol–water partition coefficient (Wildman–Crippen LogP) is 3.53. The third-order valence-electron chi connectivity index (χ3n) is 2.90. The van der Waals surface area contributed by atoms with Gasteiger partial charge in [0.15, 0.2) is 0 Å². The fourth-order valence-corrected chi connectivity index (χ4v) is 1.96. The molecule has 0 N–H and O–H groups in total. The summed E-state index contributed by atoms with van der Waals surface area (Å²) in [7, 11) is 1.44. The molecule has 3 nitrogen and oxygen atoms in total. The summed E-state index contributed by atoms with van der Waals surface area (Å²) in [6.07, 6.45) is 2.90. The zero-order chi connectivity index (χ0) is 13.4. The van der Waals surface area contributed by atoms with Crippen LogP contribution >= 0.6 is 0 Å². The van der Waals surface area contributed by atoms with Crippen molar-refractivity contribution < 1.29 is 14.3 Å². The summed E-state index contributed by atoms with van der Waals surface area (Å²) in [6.45, 7) is 4.69. The zero-order valence-electron chi connectivity index (χ0n) is 11.4. The van der Waals surface area contributed by atoms with Gasteiger partial charge in [-0.2, -0.15) is 0 Å². The Kier molecular flexibility index (Phi) is 6.26. The van der Waals surface area contributed by atoms with Gasteiger partial charge in [0, 0.05) is 0 Å². The van der Waals surface area contributed by atoms with Crippen LogP contribution in [0.4, 0.5) is 0 Å². The second-order valence-electron chi connectivity index (χ2n) is 4.22. The van der Waals surface area contributed by atoms with Crippen LogP contribution in [-0.2, 0) is 9.53 Å². The molecule has 0 spiro atoms. The van der Waals surface area contributed by atoms with E-state index in [0.29, 0.717) is 6.61 Å². The van der Waals surface area contributed by atoms with Crippen LogP contribution in [0.15, 0.2) is 24.3 Å². The van der Waals surface area contributed by atoms with Gasteiger partial charge < -0.3 is 9.47 Å². The summed E-state index contributed by atoms with van der Waals surface area (Å²) in [6, 6.07) is 7.71. The minimum Gasteiger partial charge on any atom is -0.494 e. The monoisotopic (exact) mass is 250 g/mol. The van der Waals surface area contributed by atoms with Crippen molar-refractivity contribution >= 4 is 5.97 Å². The highest BCUT2D eigenvalue weighted by molar-refractivity contribution is 5.78. The highest BCUT2D eigenvalue weighted by Crippen LogP contribution is 2.26. The first-order valence-electron chi connectivity index (χ1n) is 6.53. The van der Waals surface area contributed by atoms with Crippen molar-refractivity contribution in [3.05, 3.63) is 29.8 Å². The smallest absolute Gasteiger partial charge is 0.313 e. The van der Waals surface area contributed by atoms with E-state index in [1.165, 1.54) is 7.11 Å².